The molecule has 0 bridgehead atoms. The Labute approximate surface area is 134 Å². The number of aryl methyl sites for hydroxylation is 1. The molecule has 2 heterocycles. The highest BCUT2D eigenvalue weighted by atomic mass is 16.5. The highest BCUT2D eigenvalue weighted by molar-refractivity contribution is 6.10. The van der Waals surface area contributed by atoms with Crippen molar-refractivity contribution in [2.24, 2.45) is 0 Å². The van der Waals surface area contributed by atoms with Gasteiger partial charge in [-0.1, -0.05) is 6.07 Å². The maximum absolute atomic E-state index is 11.3. The average molecular weight is 312 g/mol. The largest absolute Gasteiger partial charge is 0.477 e. The van der Waals surface area contributed by atoms with Crippen LogP contribution in [-0.4, -0.2) is 27.1 Å². The topological polar surface area (TPSA) is 75.2 Å². The molecule has 0 fully saturated rings. The second-order valence-corrected chi connectivity index (χ2v) is 6.08. The zero-order valence-corrected chi connectivity index (χ0v) is 13.7. The third-order valence-corrected chi connectivity index (χ3v) is 4.05. The minimum Gasteiger partial charge on any atom is -0.477 e. The summed E-state index contributed by atoms with van der Waals surface area (Å²) in [5, 5.41) is 11.2. The Balaban J connectivity index is 2.22. The van der Waals surface area contributed by atoms with E-state index in [0.717, 1.165) is 27.4 Å². The van der Waals surface area contributed by atoms with Gasteiger partial charge in [-0.25, -0.2) is 9.78 Å². The predicted octanol–water partition coefficient (Wildman–Crippen LogP) is 4.21. The van der Waals surface area contributed by atoms with Gasteiger partial charge in [0.2, 0.25) is 0 Å². The van der Waals surface area contributed by atoms with Crippen molar-refractivity contribution < 1.29 is 14.6 Å². The van der Waals surface area contributed by atoms with Crippen LogP contribution in [0.15, 0.2) is 24.4 Å². The summed E-state index contributed by atoms with van der Waals surface area (Å²) in [7, 11) is 0. The lowest BCUT2D eigenvalue weighted by Gasteiger charge is -2.16. The molecule has 1 atom stereocenters. The molecule has 3 aromatic rings. The first-order valence-corrected chi connectivity index (χ1v) is 7.68. The molecule has 0 spiro atoms. The van der Waals surface area contributed by atoms with Gasteiger partial charge in [-0.05, 0) is 51.0 Å². The molecule has 1 unspecified atom stereocenters. The molecule has 0 amide bonds. The summed E-state index contributed by atoms with van der Waals surface area (Å²) < 4.78 is 5.85. The second kappa shape index (κ2) is 5.66. The molecule has 0 saturated carbocycles. The lowest BCUT2D eigenvalue weighted by molar-refractivity contribution is 0.0179. The maximum atomic E-state index is 11.3. The fraction of sp³-hybridized carbons (Fsp3) is 0.333. The van der Waals surface area contributed by atoms with E-state index in [1.807, 2.05) is 32.9 Å². The van der Waals surface area contributed by atoms with Gasteiger partial charge in [0.25, 0.3) is 0 Å². The van der Waals surface area contributed by atoms with Gasteiger partial charge in [0.1, 0.15) is 0 Å². The van der Waals surface area contributed by atoms with E-state index in [9.17, 15) is 9.90 Å². The van der Waals surface area contributed by atoms with Gasteiger partial charge in [0.05, 0.1) is 23.9 Å². The number of nitrogens with zero attached hydrogens (tertiary/aromatic N) is 1. The first-order chi connectivity index (χ1) is 10.9. The Hall–Kier alpha value is -2.40. The van der Waals surface area contributed by atoms with Gasteiger partial charge in [-0.15, -0.1) is 0 Å². The van der Waals surface area contributed by atoms with E-state index >= 15 is 0 Å². The van der Waals surface area contributed by atoms with Crippen molar-refractivity contribution in [3.05, 3.63) is 41.2 Å². The number of carboxylic acid groups (broad SMARTS) is 1. The number of fused-ring (bicyclic) bond motifs is 3. The lowest BCUT2D eigenvalue weighted by Crippen LogP contribution is -2.07. The van der Waals surface area contributed by atoms with Crippen LogP contribution in [0.25, 0.3) is 21.8 Å². The first kappa shape index (κ1) is 15.5. The van der Waals surface area contributed by atoms with Gasteiger partial charge < -0.3 is 14.8 Å². The van der Waals surface area contributed by atoms with Gasteiger partial charge in [0, 0.05) is 16.3 Å². The summed E-state index contributed by atoms with van der Waals surface area (Å²) in [6.45, 7) is 7.84. The summed E-state index contributed by atoms with van der Waals surface area (Å²) in [4.78, 5) is 18.7. The van der Waals surface area contributed by atoms with Crippen LogP contribution in [0.4, 0.5) is 0 Å². The van der Waals surface area contributed by atoms with Crippen LogP contribution in [0.3, 0.4) is 0 Å². The van der Waals surface area contributed by atoms with E-state index in [2.05, 4.69) is 16.0 Å². The number of benzene rings is 1. The van der Waals surface area contributed by atoms with E-state index in [1.165, 1.54) is 0 Å². The van der Waals surface area contributed by atoms with Crippen molar-refractivity contribution in [2.45, 2.75) is 39.9 Å². The van der Waals surface area contributed by atoms with Gasteiger partial charge in [-0.2, -0.15) is 0 Å². The number of pyridine rings is 1. The molecular formula is C18H20N2O3. The number of carboxylic acids is 1. The number of hydrogen-bond acceptors (Lipinski definition) is 3. The van der Waals surface area contributed by atoms with Crippen LogP contribution in [0.2, 0.25) is 0 Å². The van der Waals surface area contributed by atoms with Crippen LogP contribution in [0.1, 0.15) is 48.5 Å². The minimum atomic E-state index is -1.01. The number of aromatic nitrogens is 2. The van der Waals surface area contributed by atoms with Crippen molar-refractivity contribution >= 4 is 27.8 Å². The third-order valence-electron chi connectivity index (χ3n) is 4.05. The number of ether oxygens (including phenoxy) is 1. The quantitative estimate of drug-likeness (QED) is 0.756. The van der Waals surface area contributed by atoms with Crippen LogP contribution >= 0.6 is 0 Å². The molecule has 0 saturated heterocycles. The molecule has 5 heteroatoms. The van der Waals surface area contributed by atoms with Crippen LogP contribution < -0.4 is 0 Å². The maximum Gasteiger partial charge on any atom is 0.354 e. The molecule has 2 aromatic heterocycles. The minimum absolute atomic E-state index is 0.0227. The normalized spacial score (nSPS) is 13.1. The number of rotatable bonds is 4. The Morgan fingerprint density at radius 3 is 2.65 bits per heavy atom. The molecule has 2 N–H and O–H groups in total. The van der Waals surface area contributed by atoms with Gasteiger partial charge >= 0.3 is 5.97 Å². The van der Waals surface area contributed by atoms with Crippen LogP contribution in [0, 0.1) is 6.92 Å². The fourth-order valence-corrected chi connectivity index (χ4v) is 3.03. The Bertz CT molecular complexity index is 896. The molecule has 3 rings (SSSR count). The zero-order chi connectivity index (χ0) is 16.7. The van der Waals surface area contributed by atoms with Crippen molar-refractivity contribution in [1.82, 2.24) is 9.97 Å². The molecule has 0 aliphatic rings. The van der Waals surface area contributed by atoms with Gasteiger partial charge in [-0.3, -0.25) is 0 Å². The summed E-state index contributed by atoms with van der Waals surface area (Å²) in [5.41, 5.74) is 3.65. The highest BCUT2D eigenvalue weighted by Gasteiger charge is 2.17. The molecule has 0 aliphatic carbocycles. The first-order valence-electron chi connectivity index (χ1n) is 7.68. The van der Waals surface area contributed by atoms with Crippen molar-refractivity contribution in [3.63, 3.8) is 0 Å². The number of nitrogens with one attached hydrogen (secondary N) is 1. The number of H-pyrrole nitrogens is 1. The van der Waals surface area contributed by atoms with Crippen molar-refractivity contribution in [1.29, 1.82) is 0 Å². The SMILES string of the molecule is Cc1c(C(=O)O)ncc2[nH]c3ccc(C(C)OC(C)C)cc3c12. The van der Waals surface area contributed by atoms with E-state index in [-0.39, 0.29) is 17.9 Å². The van der Waals surface area contributed by atoms with E-state index in [4.69, 9.17) is 4.74 Å². The smallest absolute Gasteiger partial charge is 0.354 e. The number of aromatic amines is 1. The summed E-state index contributed by atoms with van der Waals surface area (Å²) >= 11 is 0. The van der Waals surface area contributed by atoms with E-state index < -0.39 is 5.97 Å². The zero-order valence-electron chi connectivity index (χ0n) is 13.7. The Morgan fingerprint density at radius 2 is 2.00 bits per heavy atom. The lowest BCUT2D eigenvalue weighted by atomic mass is 10.0. The van der Waals surface area contributed by atoms with Crippen molar-refractivity contribution in [2.75, 3.05) is 0 Å². The highest BCUT2D eigenvalue weighted by Crippen LogP contribution is 2.31. The fourth-order valence-electron chi connectivity index (χ4n) is 3.03. The number of hydrogen-bond donors (Lipinski definition) is 2. The monoisotopic (exact) mass is 312 g/mol. The van der Waals surface area contributed by atoms with Crippen molar-refractivity contribution in [3.8, 4) is 0 Å². The molecule has 0 aliphatic heterocycles. The molecule has 5 nitrogen and oxygen atoms in total. The van der Waals surface area contributed by atoms with Crippen LogP contribution in [0.5, 0.6) is 0 Å². The Kier molecular flexibility index (Phi) is 3.82. The van der Waals surface area contributed by atoms with Crippen LogP contribution in [-0.2, 0) is 4.74 Å². The molecule has 23 heavy (non-hydrogen) atoms. The standard InChI is InChI=1S/C18H20N2O3/c1-9(2)23-11(4)12-5-6-14-13(7-12)16-10(3)17(18(21)22)19-8-15(16)20-14/h5-9,11,20H,1-4H3,(H,21,22). The second-order valence-electron chi connectivity index (χ2n) is 6.08. The molecule has 1 aromatic carbocycles. The van der Waals surface area contributed by atoms with Gasteiger partial charge in [0.15, 0.2) is 5.69 Å². The van der Waals surface area contributed by atoms with E-state index in [1.54, 1.807) is 13.1 Å². The number of carbonyl (C=O) groups is 1. The molecule has 0 radical (unpaired) electrons. The predicted molar refractivity (Wildman–Crippen MR) is 89.9 cm³/mol. The molecule has 120 valence electrons. The van der Waals surface area contributed by atoms with E-state index in [0.29, 0.717) is 5.56 Å². The molecular weight excluding hydrogens is 292 g/mol. The summed E-state index contributed by atoms with van der Waals surface area (Å²) in [6.07, 6.45) is 1.71. The Morgan fingerprint density at radius 1 is 1.26 bits per heavy atom. The number of aromatic carboxylic acids is 1. The summed E-state index contributed by atoms with van der Waals surface area (Å²) in [5.74, 6) is -1.01. The average Bonchev–Trinajstić information content (AvgIpc) is 2.84. The third kappa shape index (κ3) is 2.68. The summed E-state index contributed by atoms with van der Waals surface area (Å²) in [6, 6.07) is 6.11.